The van der Waals surface area contributed by atoms with Crippen LogP contribution in [0, 0.1) is 6.92 Å². The molecule has 0 bridgehead atoms. The van der Waals surface area contributed by atoms with Crippen molar-refractivity contribution in [3.05, 3.63) is 53.6 Å². The predicted octanol–water partition coefficient (Wildman–Crippen LogP) is 4.57. The Morgan fingerprint density at radius 1 is 1.23 bits per heavy atom. The Hall–Kier alpha value is -2.26. The summed E-state index contributed by atoms with van der Waals surface area (Å²) in [6.45, 7) is 2.01. The lowest BCUT2D eigenvalue weighted by molar-refractivity contribution is 0.102. The summed E-state index contributed by atoms with van der Waals surface area (Å²) in [5, 5.41) is 0.906. The monoisotopic (exact) mass is 313 g/mol. The smallest absolute Gasteiger partial charge is 0.180 e. The van der Waals surface area contributed by atoms with Crippen molar-refractivity contribution < 1.29 is 9.53 Å². The molecule has 0 aliphatic rings. The van der Waals surface area contributed by atoms with Gasteiger partial charge in [-0.05, 0) is 31.2 Å². The van der Waals surface area contributed by atoms with E-state index in [1.165, 1.54) is 0 Å². The van der Waals surface area contributed by atoms with Gasteiger partial charge in [-0.25, -0.2) is 0 Å². The van der Waals surface area contributed by atoms with Crippen molar-refractivity contribution >= 4 is 28.3 Å². The Morgan fingerprint density at radius 3 is 2.77 bits per heavy atom. The van der Waals surface area contributed by atoms with Gasteiger partial charge in [0.1, 0.15) is 5.75 Å². The Bertz CT molecular complexity index is 851. The molecule has 3 aromatic rings. The molecule has 1 heterocycles. The van der Waals surface area contributed by atoms with Crippen molar-refractivity contribution in [2.45, 2.75) is 6.92 Å². The summed E-state index contributed by atoms with van der Waals surface area (Å²) in [5.41, 5.74) is 4.36. The van der Waals surface area contributed by atoms with Crippen LogP contribution >= 0.6 is 11.6 Å². The number of H-pyrrole nitrogens is 1. The van der Waals surface area contributed by atoms with E-state index >= 15 is 0 Å². The van der Waals surface area contributed by atoms with E-state index in [2.05, 4.69) is 4.98 Å². The largest absolute Gasteiger partial charge is 0.497 e. The SMILES string of the molecule is COc1cccc(-c2[nH]c3ccc(C)cc3c2C(=O)CCl)c1. The van der Waals surface area contributed by atoms with E-state index in [4.69, 9.17) is 16.3 Å². The second kappa shape index (κ2) is 5.85. The normalized spacial score (nSPS) is 10.9. The van der Waals surface area contributed by atoms with Crippen LogP contribution in [0.5, 0.6) is 5.75 Å². The lowest BCUT2D eigenvalue weighted by Crippen LogP contribution is -2.01. The van der Waals surface area contributed by atoms with Crippen molar-refractivity contribution in [2.24, 2.45) is 0 Å². The minimum absolute atomic E-state index is 0.0438. The summed E-state index contributed by atoms with van der Waals surface area (Å²) in [7, 11) is 1.62. The molecular formula is C18H16ClNO2. The average molecular weight is 314 g/mol. The number of carbonyl (C=O) groups excluding carboxylic acids is 1. The standard InChI is InChI=1S/C18H16ClNO2/c1-11-6-7-15-14(8-11)17(16(21)10-19)18(20-15)12-4-3-5-13(9-12)22-2/h3-9,20H,10H2,1-2H3. The zero-order chi connectivity index (χ0) is 15.7. The molecule has 112 valence electrons. The molecule has 0 unspecified atom stereocenters. The van der Waals surface area contributed by atoms with E-state index in [0.29, 0.717) is 5.56 Å². The van der Waals surface area contributed by atoms with Crippen LogP contribution in [0.4, 0.5) is 0 Å². The highest BCUT2D eigenvalue weighted by molar-refractivity contribution is 6.33. The van der Waals surface area contributed by atoms with E-state index in [1.807, 2.05) is 49.4 Å². The fourth-order valence-electron chi connectivity index (χ4n) is 2.66. The first-order chi connectivity index (χ1) is 10.6. The molecule has 0 atom stereocenters. The van der Waals surface area contributed by atoms with Gasteiger partial charge in [-0.15, -0.1) is 11.6 Å². The Labute approximate surface area is 133 Å². The fourth-order valence-corrected chi connectivity index (χ4v) is 2.79. The van der Waals surface area contributed by atoms with Gasteiger partial charge in [-0.1, -0.05) is 23.8 Å². The topological polar surface area (TPSA) is 42.1 Å². The van der Waals surface area contributed by atoms with E-state index in [9.17, 15) is 4.79 Å². The van der Waals surface area contributed by atoms with Crippen molar-refractivity contribution in [3.63, 3.8) is 0 Å². The Balaban J connectivity index is 2.30. The lowest BCUT2D eigenvalue weighted by atomic mass is 10.0. The van der Waals surface area contributed by atoms with Gasteiger partial charge in [0.2, 0.25) is 0 Å². The number of hydrogen-bond acceptors (Lipinski definition) is 2. The number of aromatic nitrogens is 1. The number of benzene rings is 2. The highest BCUT2D eigenvalue weighted by Crippen LogP contribution is 2.33. The molecule has 1 N–H and O–H groups in total. The van der Waals surface area contributed by atoms with Crippen LogP contribution in [0.15, 0.2) is 42.5 Å². The van der Waals surface area contributed by atoms with Crippen LogP contribution in [0.1, 0.15) is 15.9 Å². The van der Waals surface area contributed by atoms with Gasteiger partial charge in [0, 0.05) is 16.5 Å². The third kappa shape index (κ3) is 2.48. The maximum Gasteiger partial charge on any atom is 0.180 e. The van der Waals surface area contributed by atoms with E-state index < -0.39 is 0 Å². The van der Waals surface area contributed by atoms with Gasteiger partial charge in [0.25, 0.3) is 0 Å². The number of aromatic amines is 1. The number of alkyl halides is 1. The first-order valence-corrected chi connectivity index (χ1v) is 7.53. The number of rotatable bonds is 4. The molecule has 1 aromatic heterocycles. The minimum Gasteiger partial charge on any atom is -0.497 e. The van der Waals surface area contributed by atoms with Gasteiger partial charge in [-0.2, -0.15) is 0 Å². The number of Topliss-reactive ketones (excluding diaryl/α,β-unsaturated/α-hetero) is 1. The lowest BCUT2D eigenvalue weighted by Gasteiger charge is -2.05. The second-order valence-corrected chi connectivity index (χ2v) is 5.48. The first-order valence-electron chi connectivity index (χ1n) is 7.00. The van der Waals surface area contributed by atoms with Gasteiger partial charge < -0.3 is 9.72 Å². The maximum atomic E-state index is 12.4. The minimum atomic E-state index is -0.0867. The number of fused-ring (bicyclic) bond motifs is 1. The number of carbonyl (C=O) groups is 1. The van der Waals surface area contributed by atoms with Crippen molar-refractivity contribution in [1.29, 1.82) is 0 Å². The Kier molecular flexibility index (Phi) is 3.90. The van der Waals surface area contributed by atoms with Crippen LogP contribution in [0.2, 0.25) is 0 Å². The summed E-state index contributed by atoms with van der Waals surface area (Å²) in [5.74, 6) is 0.616. The third-order valence-electron chi connectivity index (χ3n) is 3.71. The molecule has 2 aromatic carbocycles. The third-order valence-corrected chi connectivity index (χ3v) is 3.96. The van der Waals surface area contributed by atoms with Crippen LogP contribution in [0.3, 0.4) is 0 Å². The fraction of sp³-hybridized carbons (Fsp3) is 0.167. The molecule has 0 radical (unpaired) electrons. The molecule has 4 heteroatoms. The number of methoxy groups -OCH3 is 1. The maximum absolute atomic E-state index is 12.4. The number of nitrogens with one attached hydrogen (secondary N) is 1. The summed E-state index contributed by atoms with van der Waals surface area (Å²) in [6.07, 6.45) is 0. The zero-order valence-corrected chi connectivity index (χ0v) is 13.2. The van der Waals surface area contributed by atoms with Crippen molar-refractivity contribution in [2.75, 3.05) is 13.0 Å². The predicted molar refractivity (Wildman–Crippen MR) is 90.1 cm³/mol. The van der Waals surface area contributed by atoms with E-state index in [0.717, 1.165) is 33.5 Å². The summed E-state index contributed by atoms with van der Waals surface area (Å²) < 4.78 is 5.27. The van der Waals surface area contributed by atoms with Crippen LogP contribution in [-0.2, 0) is 0 Å². The molecule has 0 fully saturated rings. The molecule has 0 saturated carbocycles. The summed E-state index contributed by atoms with van der Waals surface area (Å²) in [4.78, 5) is 15.7. The van der Waals surface area contributed by atoms with Gasteiger partial charge in [0.05, 0.1) is 24.2 Å². The molecule has 0 spiro atoms. The van der Waals surface area contributed by atoms with Crippen molar-refractivity contribution in [3.8, 4) is 17.0 Å². The number of hydrogen-bond donors (Lipinski definition) is 1. The second-order valence-electron chi connectivity index (χ2n) is 5.21. The molecule has 3 nitrogen and oxygen atoms in total. The van der Waals surface area contributed by atoms with Crippen LogP contribution < -0.4 is 4.74 Å². The molecular weight excluding hydrogens is 298 g/mol. The first kappa shape index (κ1) is 14.7. The number of ketones is 1. The van der Waals surface area contributed by atoms with Gasteiger partial charge in [0.15, 0.2) is 5.78 Å². The molecule has 0 amide bonds. The van der Waals surface area contributed by atoms with Gasteiger partial charge >= 0.3 is 0 Å². The molecule has 0 aliphatic heterocycles. The van der Waals surface area contributed by atoms with Crippen LogP contribution in [0.25, 0.3) is 22.2 Å². The number of aryl methyl sites for hydroxylation is 1. The van der Waals surface area contributed by atoms with Crippen LogP contribution in [-0.4, -0.2) is 23.8 Å². The van der Waals surface area contributed by atoms with E-state index in [1.54, 1.807) is 7.11 Å². The van der Waals surface area contributed by atoms with Crippen molar-refractivity contribution in [1.82, 2.24) is 4.98 Å². The molecule has 22 heavy (non-hydrogen) atoms. The number of ether oxygens (including phenoxy) is 1. The average Bonchev–Trinajstić information content (AvgIpc) is 2.92. The highest BCUT2D eigenvalue weighted by atomic mass is 35.5. The quantitative estimate of drug-likeness (QED) is 0.566. The van der Waals surface area contributed by atoms with E-state index in [-0.39, 0.29) is 11.7 Å². The molecule has 3 rings (SSSR count). The molecule has 0 aliphatic carbocycles. The zero-order valence-electron chi connectivity index (χ0n) is 12.4. The Morgan fingerprint density at radius 2 is 2.05 bits per heavy atom. The highest BCUT2D eigenvalue weighted by Gasteiger charge is 2.19. The summed E-state index contributed by atoms with van der Waals surface area (Å²) >= 11 is 5.81. The molecule has 0 saturated heterocycles. The van der Waals surface area contributed by atoms with Gasteiger partial charge in [-0.3, -0.25) is 4.79 Å². The number of halogens is 1. The summed E-state index contributed by atoms with van der Waals surface area (Å²) in [6, 6.07) is 13.6.